The van der Waals surface area contributed by atoms with Crippen molar-refractivity contribution in [2.75, 3.05) is 40.3 Å². The number of aryl methyl sites for hydroxylation is 2. The third-order valence-electron chi connectivity index (χ3n) is 5.20. The molecular weight excluding hydrogens is 495 g/mol. The number of rotatable bonds is 9. The van der Waals surface area contributed by atoms with Crippen LogP contribution >= 0.6 is 24.0 Å². The van der Waals surface area contributed by atoms with Gasteiger partial charge in [0.05, 0.1) is 13.2 Å². The highest BCUT2D eigenvalue weighted by Gasteiger charge is 2.23. The van der Waals surface area contributed by atoms with Gasteiger partial charge in [0.25, 0.3) is 0 Å². The molecule has 0 spiro atoms. The highest BCUT2D eigenvalue weighted by atomic mass is 127. The average molecular weight is 528 g/mol. The number of ether oxygens (including phenoxy) is 1. The normalized spacial score (nSPS) is 15.5. The van der Waals surface area contributed by atoms with Crippen LogP contribution in [0.5, 0.6) is 5.75 Å². The minimum atomic E-state index is 0. The van der Waals surface area contributed by atoms with Crippen molar-refractivity contribution in [2.45, 2.75) is 38.6 Å². The van der Waals surface area contributed by atoms with E-state index in [-0.39, 0.29) is 24.0 Å². The molecule has 0 bridgehead atoms. The summed E-state index contributed by atoms with van der Waals surface area (Å²) in [4.78, 5) is 11.1. The van der Waals surface area contributed by atoms with E-state index in [4.69, 9.17) is 9.26 Å². The van der Waals surface area contributed by atoms with E-state index >= 15 is 0 Å². The van der Waals surface area contributed by atoms with Gasteiger partial charge in [-0.2, -0.15) is 4.98 Å². The highest BCUT2D eigenvalue weighted by Crippen LogP contribution is 2.26. The van der Waals surface area contributed by atoms with Crippen LogP contribution in [-0.2, 0) is 6.42 Å². The molecule has 1 saturated heterocycles. The number of hydrogen-bond donors (Lipinski definition) is 2. The standard InChI is InChI=1S/C21H32N6O2.HI/c1-16-25-20(29-26-16)7-6-12-23-21(22-2)24-15-19(27-13-4-5-14-27)17-8-10-18(28-3)11-9-17;/h8-11,19H,4-7,12-15H2,1-3H3,(H2,22,23,24);1H. The number of aliphatic imine (C=N–C) groups is 1. The van der Waals surface area contributed by atoms with E-state index in [1.807, 2.05) is 19.1 Å². The fraction of sp³-hybridized carbons (Fsp3) is 0.571. The zero-order valence-electron chi connectivity index (χ0n) is 18.1. The predicted octanol–water partition coefficient (Wildman–Crippen LogP) is 2.94. The lowest BCUT2D eigenvalue weighted by Gasteiger charge is -2.29. The summed E-state index contributed by atoms with van der Waals surface area (Å²) >= 11 is 0. The van der Waals surface area contributed by atoms with E-state index in [0.717, 1.165) is 50.7 Å². The molecular formula is C21H33IN6O2. The molecule has 0 amide bonds. The van der Waals surface area contributed by atoms with Crippen LogP contribution in [0, 0.1) is 6.92 Å². The monoisotopic (exact) mass is 528 g/mol. The van der Waals surface area contributed by atoms with Crippen molar-refractivity contribution in [1.82, 2.24) is 25.7 Å². The van der Waals surface area contributed by atoms with Crippen LogP contribution in [0.25, 0.3) is 0 Å². The SMILES string of the molecule is CN=C(NCCCc1nc(C)no1)NCC(c1ccc(OC)cc1)N1CCCC1.I. The van der Waals surface area contributed by atoms with E-state index in [2.05, 4.69) is 42.8 Å². The Morgan fingerprint density at radius 2 is 1.97 bits per heavy atom. The molecule has 1 fully saturated rings. The number of nitrogens with one attached hydrogen (secondary N) is 2. The number of hydrogen-bond acceptors (Lipinski definition) is 6. The Labute approximate surface area is 195 Å². The van der Waals surface area contributed by atoms with E-state index in [0.29, 0.717) is 17.8 Å². The third kappa shape index (κ3) is 7.12. The number of likely N-dealkylation sites (tertiary alicyclic amines) is 1. The van der Waals surface area contributed by atoms with Gasteiger partial charge in [-0.1, -0.05) is 17.3 Å². The van der Waals surface area contributed by atoms with E-state index in [9.17, 15) is 0 Å². The average Bonchev–Trinajstić information content (AvgIpc) is 3.42. The number of guanidine groups is 1. The molecule has 0 saturated carbocycles. The maximum atomic E-state index is 5.30. The van der Waals surface area contributed by atoms with Gasteiger partial charge in [0.1, 0.15) is 5.75 Å². The van der Waals surface area contributed by atoms with Crippen LogP contribution in [0.15, 0.2) is 33.8 Å². The molecule has 1 aromatic carbocycles. The van der Waals surface area contributed by atoms with Crippen LogP contribution in [0.4, 0.5) is 0 Å². The molecule has 0 aliphatic carbocycles. The van der Waals surface area contributed by atoms with Gasteiger partial charge in [-0.25, -0.2) is 0 Å². The highest BCUT2D eigenvalue weighted by molar-refractivity contribution is 14.0. The molecule has 1 aromatic heterocycles. The Hall–Kier alpha value is -1.88. The van der Waals surface area contributed by atoms with E-state index in [1.165, 1.54) is 18.4 Å². The number of aromatic nitrogens is 2. The van der Waals surface area contributed by atoms with Crippen molar-refractivity contribution in [3.8, 4) is 5.75 Å². The minimum Gasteiger partial charge on any atom is -0.497 e. The second kappa shape index (κ2) is 12.7. The summed E-state index contributed by atoms with van der Waals surface area (Å²) in [5, 5.41) is 10.7. The van der Waals surface area contributed by atoms with Gasteiger partial charge in [0, 0.05) is 26.6 Å². The Balaban J connectivity index is 0.00000320. The maximum Gasteiger partial charge on any atom is 0.226 e. The van der Waals surface area contributed by atoms with Crippen molar-refractivity contribution < 1.29 is 9.26 Å². The van der Waals surface area contributed by atoms with Gasteiger partial charge in [-0.05, 0) is 57.0 Å². The number of halogens is 1. The molecule has 30 heavy (non-hydrogen) atoms. The van der Waals surface area contributed by atoms with Crippen LogP contribution in [-0.4, -0.2) is 61.3 Å². The van der Waals surface area contributed by atoms with Gasteiger partial charge >= 0.3 is 0 Å². The topological polar surface area (TPSA) is 87.8 Å². The van der Waals surface area contributed by atoms with Gasteiger partial charge in [-0.15, -0.1) is 24.0 Å². The van der Waals surface area contributed by atoms with Crippen LogP contribution in [0.2, 0.25) is 0 Å². The fourth-order valence-electron chi connectivity index (χ4n) is 3.64. The molecule has 1 aliphatic rings. The van der Waals surface area contributed by atoms with E-state index < -0.39 is 0 Å². The molecule has 8 nitrogen and oxygen atoms in total. The summed E-state index contributed by atoms with van der Waals surface area (Å²) in [6.07, 6.45) is 4.17. The molecule has 1 aliphatic heterocycles. The van der Waals surface area contributed by atoms with Crippen molar-refractivity contribution in [3.63, 3.8) is 0 Å². The van der Waals surface area contributed by atoms with Crippen LogP contribution < -0.4 is 15.4 Å². The molecule has 3 rings (SSSR count). The number of nitrogens with zero attached hydrogens (tertiary/aromatic N) is 4. The molecule has 1 unspecified atom stereocenters. The Bertz CT molecular complexity index is 774. The first-order chi connectivity index (χ1) is 14.2. The fourth-order valence-corrected chi connectivity index (χ4v) is 3.64. The zero-order chi connectivity index (χ0) is 20.5. The zero-order valence-corrected chi connectivity index (χ0v) is 20.4. The first-order valence-corrected chi connectivity index (χ1v) is 10.3. The summed E-state index contributed by atoms with van der Waals surface area (Å²) in [6.45, 7) is 5.69. The summed E-state index contributed by atoms with van der Waals surface area (Å²) < 4.78 is 10.5. The third-order valence-corrected chi connectivity index (χ3v) is 5.20. The van der Waals surface area contributed by atoms with Gasteiger partial charge in [0.2, 0.25) is 5.89 Å². The van der Waals surface area contributed by atoms with Gasteiger partial charge in [-0.3, -0.25) is 9.89 Å². The quantitative estimate of drug-likeness (QED) is 0.224. The predicted molar refractivity (Wildman–Crippen MR) is 129 cm³/mol. The Morgan fingerprint density at radius 3 is 2.57 bits per heavy atom. The molecule has 166 valence electrons. The molecule has 2 N–H and O–H groups in total. The lowest BCUT2D eigenvalue weighted by molar-refractivity contribution is 0.245. The number of benzene rings is 1. The summed E-state index contributed by atoms with van der Waals surface area (Å²) in [5.74, 6) is 3.05. The summed E-state index contributed by atoms with van der Waals surface area (Å²) in [5.41, 5.74) is 1.29. The van der Waals surface area contributed by atoms with Gasteiger partial charge < -0.3 is 19.9 Å². The smallest absolute Gasteiger partial charge is 0.226 e. The van der Waals surface area contributed by atoms with Crippen molar-refractivity contribution in [2.24, 2.45) is 4.99 Å². The first-order valence-electron chi connectivity index (χ1n) is 10.3. The molecule has 2 aromatic rings. The molecule has 0 radical (unpaired) electrons. The largest absolute Gasteiger partial charge is 0.497 e. The van der Waals surface area contributed by atoms with Crippen LogP contribution in [0.3, 0.4) is 0 Å². The minimum absolute atomic E-state index is 0. The van der Waals surface area contributed by atoms with Crippen molar-refractivity contribution >= 4 is 29.9 Å². The lowest BCUT2D eigenvalue weighted by Crippen LogP contribution is -2.43. The lowest BCUT2D eigenvalue weighted by atomic mass is 10.1. The summed E-state index contributed by atoms with van der Waals surface area (Å²) in [7, 11) is 3.50. The summed E-state index contributed by atoms with van der Waals surface area (Å²) in [6, 6.07) is 8.69. The second-order valence-electron chi connectivity index (χ2n) is 7.25. The van der Waals surface area contributed by atoms with E-state index in [1.54, 1.807) is 14.2 Å². The molecule has 1 atom stereocenters. The van der Waals surface area contributed by atoms with Gasteiger partial charge in [0.15, 0.2) is 11.8 Å². The van der Waals surface area contributed by atoms with Crippen molar-refractivity contribution in [3.05, 3.63) is 41.5 Å². The molecule has 9 heteroatoms. The second-order valence-corrected chi connectivity index (χ2v) is 7.25. The first kappa shape index (κ1) is 24.4. The van der Waals surface area contributed by atoms with Crippen LogP contribution in [0.1, 0.15) is 42.6 Å². The maximum absolute atomic E-state index is 5.30. The Morgan fingerprint density at radius 1 is 1.23 bits per heavy atom. The number of methoxy groups -OCH3 is 1. The van der Waals surface area contributed by atoms with Crippen molar-refractivity contribution in [1.29, 1.82) is 0 Å². The molecule has 2 heterocycles. The Kier molecular flexibility index (Phi) is 10.4.